The predicted molar refractivity (Wildman–Crippen MR) is 78.6 cm³/mol. The highest BCUT2D eigenvalue weighted by Crippen LogP contribution is 2.56. The molecule has 21 heavy (non-hydrogen) atoms. The lowest BCUT2D eigenvalue weighted by Gasteiger charge is -2.36. The van der Waals surface area contributed by atoms with E-state index in [9.17, 15) is 9.59 Å². The van der Waals surface area contributed by atoms with Crippen molar-refractivity contribution in [1.82, 2.24) is 4.90 Å². The molecule has 2 fully saturated rings. The van der Waals surface area contributed by atoms with Crippen LogP contribution in [0, 0.1) is 5.92 Å². The van der Waals surface area contributed by atoms with E-state index in [0.29, 0.717) is 12.5 Å². The van der Waals surface area contributed by atoms with Gasteiger partial charge in [0, 0.05) is 24.3 Å². The highest BCUT2D eigenvalue weighted by Gasteiger charge is 2.66. The number of carbonyl (C=O) groups excluding carboxylic acids is 2. The van der Waals surface area contributed by atoms with Crippen molar-refractivity contribution in [2.24, 2.45) is 11.7 Å². The minimum atomic E-state index is -0.863. The molecule has 1 aromatic carbocycles. The Kier molecular flexibility index (Phi) is 2.49. The number of nitrogens with two attached hydrogens (primary N) is 1. The van der Waals surface area contributed by atoms with Crippen LogP contribution in [0.15, 0.2) is 24.3 Å². The van der Waals surface area contributed by atoms with Gasteiger partial charge in [-0.1, -0.05) is 18.2 Å². The van der Waals surface area contributed by atoms with Gasteiger partial charge in [0.1, 0.15) is 5.54 Å². The largest absolute Gasteiger partial charge is 0.369 e. The van der Waals surface area contributed by atoms with Gasteiger partial charge in [-0.15, -0.1) is 0 Å². The number of fused-ring (bicyclic) bond motifs is 4. The second-order valence-electron chi connectivity index (χ2n) is 6.33. The Bertz CT molecular complexity index is 644. The van der Waals surface area contributed by atoms with Gasteiger partial charge in [0.2, 0.25) is 5.91 Å². The zero-order valence-corrected chi connectivity index (χ0v) is 12.1. The Morgan fingerprint density at radius 2 is 2.14 bits per heavy atom. The summed E-state index contributed by atoms with van der Waals surface area (Å²) >= 11 is 0. The third-order valence-electron chi connectivity index (χ3n) is 5.49. The maximum absolute atomic E-state index is 13.1. The number of primary amides is 1. The summed E-state index contributed by atoms with van der Waals surface area (Å²) in [5.74, 6) is -0.791. The van der Waals surface area contributed by atoms with E-state index < -0.39 is 11.5 Å². The predicted octanol–water partition coefficient (Wildman–Crippen LogP) is 0.828. The molecule has 2 N–H and O–H groups in total. The van der Waals surface area contributed by atoms with Gasteiger partial charge in [0.05, 0.1) is 5.92 Å². The summed E-state index contributed by atoms with van der Waals surface area (Å²) in [6.07, 6.45) is 2.82. The molecule has 110 valence electrons. The molecule has 3 aliphatic rings. The van der Waals surface area contributed by atoms with Gasteiger partial charge in [-0.2, -0.15) is 0 Å². The number of para-hydroxylation sites is 1. The molecule has 1 spiro atoms. The molecular formula is C16H19N3O2. The van der Waals surface area contributed by atoms with E-state index in [1.165, 1.54) is 0 Å². The molecule has 3 atom stereocenters. The zero-order chi connectivity index (χ0) is 14.8. The molecular weight excluding hydrogens is 266 g/mol. The fourth-order valence-corrected chi connectivity index (χ4v) is 4.69. The molecule has 3 heterocycles. The van der Waals surface area contributed by atoms with Crippen LogP contribution in [0.25, 0.3) is 0 Å². The summed E-state index contributed by atoms with van der Waals surface area (Å²) in [7, 11) is 1.79. The van der Waals surface area contributed by atoms with Crippen molar-refractivity contribution in [1.29, 1.82) is 0 Å². The molecule has 0 bridgehead atoms. The molecule has 1 aromatic rings. The third kappa shape index (κ3) is 1.35. The van der Waals surface area contributed by atoms with Crippen LogP contribution in [0.3, 0.4) is 0 Å². The van der Waals surface area contributed by atoms with Crippen molar-refractivity contribution in [3.05, 3.63) is 29.8 Å². The number of carbonyl (C=O) groups is 2. The van der Waals surface area contributed by atoms with E-state index in [-0.39, 0.29) is 11.8 Å². The first-order valence-electron chi connectivity index (χ1n) is 7.52. The van der Waals surface area contributed by atoms with Crippen LogP contribution in [0.2, 0.25) is 0 Å². The van der Waals surface area contributed by atoms with Gasteiger partial charge in [-0.3, -0.25) is 14.5 Å². The lowest BCUT2D eigenvalue weighted by Crippen LogP contribution is -2.55. The van der Waals surface area contributed by atoms with Crippen LogP contribution >= 0.6 is 0 Å². The Labute approximate surface area is 123 Å². The van der Waals surface area contributed by atoms with Crippen LogP contribution in [0.4, 0.5) is 5.69 Å². The molecule has 0 aromatic heterocycles. The molecule has 3 aliphatic heterocycles. The number of amides is 2. The number of rotatable bonds is 1. The molecule has 0 aliphatic carbocycles. The molecule has 5 heteroatoms. The number of benzene rings is 1. The van der Waals surface area contributed by atoms with E-state index in [0.717, 1.165) is 30.6 Å². The Hall–Kier alpha value is -1.88. The molecule has 0 radical (unpaired) electrons. The number of nitrogens with zero attached hydrogens (tertiary/aromatic N) is 2. The highest BCUT2D eigenvalue weighted by atomic mass is 16.2. The summed E-state index contributed by atoms with van der Waals surface area (Å²) in [5.41, 5.74) is 6.67. The highest BCUT2D eigenvalue weighted by molar-refractivity contribution is 6.10. The summed E-state index contributed by atoms with van der Waals surface area (Å²) in [6, 6.07) is 8.09. The van der Waals surface area contributed by atoms with E-state index in [2.05, 4.69) is 4.90 Å². The topological polar surface area (TPSA) is 66.6 Å². The molecule has 2 amide bonds. The summed E-state index contributed by atoms with van der Waals surface area (Å²) in [5, 5.41) is 0. The van der Waals surface area contributed by atoms with Gasteiger partial charge < -0.3 is 10.6 Å². The minimum Gasteiger partial charge on any atom is -0.369 e. The van der Waals surface area contributed by atoms with Crippen LogP contribution < -0.4 is 10.6 Å². The quantitative estimate of drug-likeness (QED) is 0.831. The number of hydrogen-bond donors (Lipinski definition) is 1. The van der Waals surface area contributed by atoms with E-state index in [1.54, 1.807) is 11.9 Å². The lowest BCUT2D eigenvalue weighted by molar-refractivity contribution is -0.137. The van der Waals surface area contributed by atoms with Gasteiger partial charge >= 0.3 is 0 Å². The van der Waals surface area contributed by atoms with Gasteiger partial charge in [0.15, 0.2) is 0 Å². The van der Waals surface area contributed by atoms with Gasteiger partial charge in [-0.05, 0) is 31.9 Å². The first kappa shape index (κ1) is 12.8. The minimum absolute atomic E-state index is 0.00287. The summed E-state index contributed by atoms with van der Waals surface area (Å²) < 4.78 is 0. The average Bonchev–Trinajstić information content (AvgIpc) is 3.10. The maximum Gasteiger partial charge on any atom is 0.252 e. The van der Waals surface area contributed by atoms with Gasteiger partial charge in [0.25, 0.3) is 5.91 Å². The summed E-state index contributed by atoms with van der Waals surface area (Å²) in [6.45, 7) is 0.863. The van der Waals surface area contributed by atoms with Crippen LogP contribution in [-0.4, -0.2) is 36.3 Å². The first-order chi connectivity index (χ1) is 10.1. The number of likely N-dealkylation sites (N-methyl/N-ethyl adjacent to an activating group) is 1. The van der Waals surface area contributed by atoms with Crippen LogP contribution in [0.5, 0.6) is 0 Å². The van der Waals surface area contributed by atoms with E-state index in [1.807, 2.05) is 24.3 Å². The average molecular weight is 285 g/mol. The molecule has 0 unspecified atom stereocenters. The SMILES string of the molecule is CN1C(=O)[C@]2(c3ccccc31)[C@H](C(N)=O)C[C@H]1CCCN12. The van der Waals surface area contributed by atoms with Crippen molar-refractivity contribution in [3.63, 3.8) is 0 Å². The number of anilines is 1. The second kappa shape index (κ2) is 4.07. The first-order valence-corrected chi connectivity index (χ1v) is 7.52. The van der Waals surface area contributed by atoms with Crippen LogP contribution in [0.1, 0.15) is 24.8 Å². The van der Waals surface area contributed by atoms with Crippen molar-refractivity contribution >= 4 is 17.5 Å². The van der Waals surface area contributed by atoms with E-state index in [4.69, 9.17) is 5.73 Å². The summed E-state index contributed by atoms with van der Waals surface area (Å²) in [4.78, 5) is 29.1. The second-order valence-corrected chi connectivity index (χ2v) is 6.33. The standard InChI is InChI=1S/C16H19N3O2/c1-18-13-7-3-2-6-11(13)16(15(18)21)12(14(17)20)9-10-5-4-8-19(10)16/h2-3,6-7,10,12H,4-5,8-9H2,1H3,(H2,17,20)/t10-,12+,16+/m1/s1. The Morgan fingerprint density at radius 1 is 1.38 bits per heavy atom. The monoisotopic (exact) mass is 285 g/mol. The normalized spacial score (nSPS) is 34.5. The lowest BCUT2D eigenvalue weighted by atomic mass is 9.78. The van der Waals surface area contributed by atoms with Crippen molar-refractivity contribution < 1.29 is 9.59 Å². The van der Waals surface area contributed by atoms with Gasteiger partial charge in [-0.25, -0.2) is 0 Å². The molecule has 2 saturated heterocycles. The van der Waals surface area contributed by atoms with Crippen molar-refractivity contribution in [2.45, 2.75) is 30.8 Å². The third-order valence-corrected chi connectivity index (χ3v) is 5.49. The molecule has 5 nitrogen and oxygen atoms in total. The smallest absolute Gasteiger partial charge is 0.252 e. The zero-order valence-electron chi connectivity index (χ0n) is 12.1. The van der Waals surface area contributed by atoms with E-state index >= 15 is 0 Å². The maximum atomic E-state index is 13.1. The Balaban J connectivity index is 1.99. The van der Waals surface area contributed by atoms with Crippen molar-refractivity contribution in [3.8, 4) is 0 Å². The number of hydrogen-bond acceptors (Lipinski definition) is 3. The molecule has 0 saturated carbocycles. The molecule has 4 rings (SSSR count). The fraction of sp³-hybridized carbons (Fsp3) is 0.500. The fourth-order valence-electron chi connectivity index (χ4n) is 4.69. The van der Waals surface area contributed by atoms with Crippen LogP contribution in [-0.2, 0) is 15.1 Å². The van der Waals surface area contributed by atoms with Crippen molar-refractivity contribution in [2.75, 3.05) is 18.5 Å². The Morgan fingerprint density at radius 3 is 2.90 bits per heavy atom.